The van der Waals surface area contributed by atoms with Crippen molar-refractivity contribution in [1.29, 1.82) is 0 Å². The van der Waals surface area contributed by atoms with Crippen LogP contribution < -0.4 is 11.1 Å². The van der Waals surface area contributed by atoms with Gasteiger partial charge in [-0.05, 0) is 29.9 Å². The molecule has 1 fully saturated rings. The number of nitrogens with two attached hydrogens (primary N) is 1. The molecule has 2 amide bonds. The van der Waals surface area contributed by atoms with Crippen LogP contribution in [-0.4, -0.2) is 29.3 Å². The lowest BCUT2D eigenvalue weighted by atomic mass is 10.0. The van der Waals surface area contributed by atoms with Gasteiger partial charge in [-0.25, -0.2) is 0 Å². The van der Waals surface area contributed by atoms with Crippen molar-refractivity contribution in [2.45, 2.75) is 52.2 Å². The van der Waals surface area contributed by atoms with Crippen LogP contribution in [0, 0.1) is 5.92 Å². The highest BCUT2D eigenvalue weighted by Gasteiger charge is 2.21. The number of halogens is 1. The molecular weight excluding hydrogens is 326 g/mol. The Balaban J connectivity index is 0.00000288. The largest absolute Gasteiger partial charge is 0.351 e. The lowest BCUT2D eigenvalue weighted by Gasteiger charge is -2.19. The SMILES string of the molecule is CC(C)C[C@H](N)C(=O)NCc1ccccc1CN1CCCC1=O.Cl. The second kappa shape index (κ2) is 9.64. The van der Waals surface area contributed by atoms with Crippen LogP contribution in [0.5, 0.6) is 0 Å². The van der Waals surface area contributed by atoms with Crippen molar-refractivity contribution in [3.63, 3.8) is 0 Å². The minimum Gasteiger partial charge on any atom is -0.351 e. The van der Waals surface area contributed by atoms with E-state index in [4.69, 9.17) is 5.73 Å². The van der Waals surface area contributed by atoms with Crippen LogP contribution in [0.4, 0.5) is 0 Å². The van der Waals surface area contributed by atoms with E-state index in [0.717, 1.165) is 24.1 Å². The molecule has 0 aromatic heterocycles. The Labute approximate surface area is 150 Å². The molecule has 5 nitrogen and oxygen atoms in total. The zero-order valence-electron chi connectivity index (χ0n) is 14.5. The van der Waals surface area contributed by atoms with E-state index in [1.165, 1.54) is 0 Å². The number of benzene rings is 1. The summed E-state index contributed by atoms with van der Waals surface area (Å²) in [7, 11) is 0. The topological polar surface area (TPSA) is 75.4 Å². The zero-order valence-corrected chi connectivity index (χ0v) is 15.3. The average Bonchev–Trinajstić information content (AvgIpc) is 2.90. The molecule has 1 aromatic rings. The van der Waals surface area contributed by atoms with E-state index in [-0.39, 0.29) is 24.2 Å². The van der Waals surface area contributed by atoms with Gasteiger partial charge in [-0.1, -0.05) is 38.1 Å². The molecule has 6 heteroatoms. The standard InChI is InChI=1S/C18H27N3O2.ClH/c1-13(2)10-16(19)18(23)20-11-14-6-3-4-7-15(14)12-21-9-5-8-17(21)22;/h3-4,6-7,13,16H,5,8-12,19H2,1-2H3,(H,20,23);1H/t16-;/m0./s1. The zero-order chi connectivity index (χ0) is 16.8. The summed E-state index contributed by atoms with van der Waals surface area (Å²) in [4.78, 5) is 25.7. The molecule has 0 spiro atoms. The third kappa shape index (κ3) is 5.80. The minimum atomic E-state index is -0.470. The normalized spacial score (nSPS) is 15.3. The summed E-state index contributed by atoms with van der Waals surface area (Å²) in [5.41, 5.74) is 8.03. The molecule has 0 radical (unpaired) electrons. The molecule has 134 valence electrons. The molecule has 1 aromatic carbocycles. The third-order valence-electron chi connectivity index (χ3n) is 4.17. The first-order valence-corrected chi connectivity index (χ1v) is 8.35. The fraction of sp³-hybridized carbons (Fsp3) is 0.556. The van der Waals surface area contributed by atoms with Gasteiger partial charge in [-0.15, -0.1) is 12.4 Å². The lowest BCUT2D eigenvalue weighted by molar-refractivity contribution is -0.128. The first-order chi connectivity index (χ1) is 11.0. The average molecular weight is 354 g/mol. The number of rotatable bonds is 7. The van der Waals surface area contributed by atoms with E-state index in [1.54, 1.807) is 0 Å². The van der Waals surface area contributed by atoms with E-state index in [1.807, 2.05) is 29.2 Å². The number of carbonyl (C=O) groups is 2. The lowest BCUT2D eigenvalue weighted by Crippen LogP contribution is -2.41. The van der Waals surface area contributed by atoms with Crippen LogP contribution >= 0.6 is 12.4 Å². The number of hydrogen-bond acceptors (Lipinski definition) is 3. The van der Waals surface area contributed by atoms with Crippen molar-refractivity contribution in [3.05, 3.63) is 35.4 Å². The second-order valence-electron chi connectivity index (χ2n) is 6.64. The Kier molecular flexibility index (Phi) is 8.22. The predicted octanol–water partition coefficient (Wildman–Crippen LogP) is 2.22. The first kappa shape index (κ1) is 20.5. The number of likely N-dealkylation sites (tertiary alicyclic amines) is 1. The molecule has 1 atom stereocenters. The van der Waals surface area contributed by atoms with Crippen molar-refractivity contribution < 1.29 is 9.59 Å². The molecule has 1 aliphatic heterocycles. The Hall–Kier alpha value is -1.59. The second-order valence-corrected chi connectivity index (χ2v) is 6.64. The van der Waals surface area contributed by atoms with Gasteiger partial charge in [0.15, 0.2) is 0 Å². The van der Waals surface area contributed by atoms with Crippen LogP contribution in [0.25, 0.3) is 0 Å². The van der Waals surface area contributed by atoms with E-state index < -0.39 is 6.04 Å². The summed E-state index contributed by atoms with van der Waals surface area (Å²) in [6.07, 6.45) is 2.25. The van der Waals surface area contributed by atoms with Gasteiger partial charge >= 0.3 is 0 Å². The van der Waals surface area contributed by atoms with Crippen molar-refractivity contribution in [2.24, 2.45) is 11.7 Å². The number of amides is 2. The van der Waals surface area contributed by atoms with E-state index >= 15 is 0 Å². The van der Waals surface area contributed by atoms with Crippen molar-refractivity contribution in [2.75, 3.05) is 6.54 Å². The van der Waals surface area contributed by atoms with Crippen molar-refractivity contribution in [1.82, 2.24) is 10.2 Å². The molecule has 0 unspecified atom stereocenters. The van der Waals surface area contributed by atoms with E-state index in [0.29, 0.717) is 31.8 Å². The number of nitrogens with zero attached hydrogens (tertiary/aromatic N) is 1. The maximum Gasteiger partial charge on any atom is 0.237 e. The van der Waals surface area contributed by atoms with Crippen LogP contribution in [0.3, 0.4) is 0 Å². The van der Waals surface area contributed by atoms with Crippen LogP contribution in [0.15, 0.2) is 24.3 Å². The van der Waals surface area contributed by atoms with E-state index in [2.05, 4.69) is 19.2 Å². The van der Waals surface area contributed by atoms with Gasteiger partial charge in [-0.3, -0.25) is 9.59 Å². The maximum absolute atomic E-state index is 12.1. The summed E-state index contributed by atoms with van der Waals surface area (Å²) in [6, 6.07) is 7.45. The van der Waals surface area contributed by atoms with Crippen LogP contribution in [0.1, 0.15) is 44.2 Å². The Morgan fingerprint density at radius 1 is 1.29 bits per heavy atom. The molecule has 2 rings (SSSR count). The molecule has 0 bridgehead atoms. The van der Waals surface area contributed by atoms with Gasteiger partial charge in [-0.2, -0.15) is 0 Å². The summed E-state index contributed by atoms with van der Waals surface area (Å²) < 4.78 is 0. The van der Waals surface area contributed by atoms with Gasteiger partial charge in [0.05, 0.1) is 6.04 Å². The van der Waals surface area contributed by atoms with Gasteiger partial charge in [0, 0.05) is 26.1 Å². The maximum atomic E-state index is 12.1. The summed E-state index contributed by atoms with van der Waals surface area (Å²) in [6.45, 7) is 5.98. The monoisotopic (exact) mass is 353 g/mol. The summed E-state index contributed by atoms with van der Waals surface area (Å²) in [5.74, 6) is 0.484. The first-order valence-electron chi connectivity index (χ1n) is 8.35. The number of carbonyl (C=O) groups excluding carboxylic acids is 2. The number of nitrogens with one attached hydrogen (secondary N) is 1. The molecular formula is C18H28ClN3O2. The van der Waals surface area contributed by atoms with Crippen LogP contribution in [0.2, 0.25) is 0 Å². The van der Waals surface area contributed by atoms with Crippen molar-refractivity contribution in [3.8, 4) is 0 Å². The quantitative estimate of drug-likeness (QED) is 0.789. The van der Waals surface area contributed by atoms with Gasteiger partial charge in [0.25, 0.3) is 0 Å². The highest BCUT2D eigenvalue weighted by atomic mass is 35.5. The summed E-state index contributed by atoms with van der Waals surface area (Å²) in [5, 5.41) is 2.91. The fourth-order valence-electron chi connectivity index (χ4n) is 2.89. The predicted molar refractivity (Wildman–Crippen MR) is 97.6 cm³/mol. The highest BCUT2D eigenvalue weighted by molar-refractivity contribution is 5.85. The molecule has 24 heavy (non-hydrogen) atoms. The smallest absolute Gasteiger partial charge is 0.237 e. The Bertz CT molecular complexity index is 563. The molecule has 3 N–H and O–H groups in total. The minimum absolute atomic E-state index is 0. The van der Waals surface area contributed by atoms with Crippen molar-refractivity contribution >= 4 is 24.2 Å². The van der Waals surface area contributed by atoms with Gasteiger partial charge < -0.3 is 16.0 Å². The highest BCUT2D eigenvalue weighted by Crippen LogP contribution is 2.17. The third-order valence-corrected chi connectivity index (χ3v) is 4.17. The molecule has 1 aliphatic rings. The Morgan fingerprint density at radius 3 is 2.54 bits per heavy atom. The molecule has 1 heterocycles. The number of hydrogen-bond donors (Lipinski definition) is 2. The van der Waals surface area contributed by atoms with Gasteiger partial charge in [0.2, 0.25) is 11.8 Å². The summed E-state index contributed by atoms with van der Waals surface area (Å²) >= 11 is 0. The fourth-order valence-corrected chi connectivity index (χ4v) is 2.89. The molecule has 0 saturated carbocycles. The van der Waals surface area contributed by atoms with E-state index in [9.17, 15) is 9.59 Å². The van der Waals surface area contributed by atoms with Crippen LogP contribution in [-0.2, 0) is 22.7 Å². The Morgan fingerprint density at radius 2 is 1.96 bits per heavy atom. The molecule has 0 aliphatic carbocycles. The molecule has 1 saturated heterocycles. The van der Waals surface area contributed by atoms with Gasteiger partial charge in [0.1, 0.15) is 0 Å².